The van der Waals surface area contributed by atoms with Gasteiger partial charge in [0.05, 0.1) is 12.8 Å². The Morgan fingerprint density at radius 3 is 2.76 bits per heavy atom. The average Bonchev–Trinajstić information content (AvgIpc) is 3.02. The van der Waals surface area contributed by atoms with Crippen LogP contribution in [-0.4, -0.2) is 27.1 Å². The normalized spacial score (nSPS) is 11.0. The lowest BCUT2D eigenvalue weighted by atomic mass is 10.1. The van der Waals surface area contributed by atoms with Gasteiger partial charge < -0.3 is 10.1 Å². The van der Waals surface area contributed by atoms with Crippen molar-refractivity contribution in [3.8, 4) is 0 Å². The highest BCUT2D eigenvalue weighted by atomic mass is 16.5. The van der Waals surface area contributed by atoms with Gasteiger partial charge in [-0.15, -0.1) is 0 Å². The molecule has 0 aliphatic heterocycles. The molecule has 6 heteroatoms. The van der Waals surface area contributed by atoms with Crippen LogP contribution in [0.15, 0.2) is 36.5 Å². The van der Waals surface area contributed by atoms with Crippen LogP contribution in [0.25, 0.3) is 5.65 Å². The van der Waals surface area contributed by atoms with Crippen molar-refractivity contribution < 1.29 is 9.53 Å². The minimum absolute atomic E-state index is 0.182. The molecule has 0 unspecified atom stereocenters. The van der Waals surface area contributed by atoms with Crippen molar-refractivity contribution in [2.75, 3.05) is 6.61 Å². The van der Waals surface area contributed by atoms with Crippen molar-refractivity contribution in [3.63, 3.8) is 0 Å². The Hall–Kier alpha value is -2.73. The summed E-state index contributed by atoms with van der Waals surface area (Å²) in [6.45, 7) is 7.45. The fourth-order valence-electron chi connectivity index (χ4n) is 2.78. The van der Waals surface area contributed by atoms with Gasteiger partial charge in [-0.05, 0) is 38.0 Å². The van der Waals surface area contributed by atoms with Crippen LogP contribution in [0.1, 0.15) is 39.8 Å². The molecule has 0 atom stereocenters. The Morgan fingerprint density at radius 1 is 1.24 bits per heavy atom. The summed E-state index contributed by atoms with van der Waals surface area (Å²) in [7, 11) is 0. The smallest absolute Gasteiger partial charge is 0.257 e. The SMILES string of the molecule is CCOCc1ccccc1CNC(=O)c1cnn2c(C)cc(C)nc12. The largest absolute Gasteiger partial charge is 0.377 e. The first-order valence-corrected chi connectivity index (χ1v) is 8.35. The number of rotatable bonds is 6. The molecule has 0 aliphatic carbocycles. The maximum Gasteiger partial charge on any atom is 0.257 e. The molecule has 0 saturated carbocycles. The van der Waals surface area contributed by atoms with Crippen LogP contribution in [0.5, 0.6) is 0 Å². The Bertz CT molecular complexity index is 902. The fourth-order valence-corrected chi connectivity index (χ4v) is 2.78. The molecule has 0 saturated heterocycles. The van der Waals surface area contributed by atoms with Gasteiger partial charge >= 0.3 is 0 Å². The third-order valence-corrected chi connectivity index (χ3v) is 4.04. The quantitative estimate of drug-likeness (QED) is 0.750. The van der Waals surface area contributed by atoms with E-state index >= 15 is 0 Å². The van der Waals surface area contributed by atoms with Gasteiger partial charge in [-0.3, -0.25) is 4.79 Å². The van der Waals surface area contributed by atoms with Gasteiger partial charge in [-0.1, -0.05) is 24.3 Å². The number of fused-ring (bicyclic) bond motifs is 1. The van der Waals surface area contributed by atoms with Crippen LogP contribution in [0.4, 0.5) is 0 Å². The van der Waals surface area contributed by atoms with Gasteiger partial charge in [0.2, 0.25) is 0 Å². The van der Waals surface area contributed by atoms with E-state index in [0.29, 0.717) is 31.0 Å². The second-order valence-corrected chi connectivity index (χ2v) is 5.92. The lowest BCUT2D eigenvalue weighted by molar-refractivity contribution is 0.0951. The molecule has 25 heavy (non-hydrogen) atoms. The second-order valence-electron chi connectivity index (χ2n) is 5.92. The summed E-state index contributed by atoms with van der Waals surface area (Å²) in [5.74, 6) is -0.182. The van der Waals surface area contributed by atoms with E-state index in [2.05, 4.69) is 15.4 Å². The Kier molecular flexibility index (Phi) is 5.09. The zero-order valence-corrected chi connectivity index (χ0v) is 14.7. The van der Waals surface area contributed by atoms with Crippen LogP contribution in [0.3, 0.4) is 0 Å². The highest BCUT2D eigenvalue weighted by Gasteiger charge is 2.15. The fraction of sp³-hybridized carbons (Fsp3) is 0.316. The van der Waals surface area contributed by atoms with Crippen molar-refractivity contribution in [1.29, 1.82) is 0 Å². The standard InChI is InChI=1S/C19H22N4O2/c1-4-25-12-16-8-6-5-7-15(16)10-20-19(24)17-11-21-23-14(3)9-13(2)22-18(17)23/h5-9,11H,4,10,12H2,1-3H3,(H,20,24). The molecule has 1 amide bonds. The summed E-state index contributed by atoms with van der Waals surface area (Å²) in [6, 6.07) is 9.88. The molecule has 0 bridgehead atoms. The van der Waals surface area contributed by atoms with Crippen LogP contribution in [0.2, 0.25) is 0 Å². The molecule has 1 aromatic carbocycles. The number of nitrogens with zero attached hydrogens (tertiary/aromatic N) is 3. The first kappa shape index (κ1) is 17.1. The third-order valence-electron chi connectivity index (χ3n) is 4.04. The summed E-state index contributed by atoms with van der Waals surface area (Å²) < 4.78 is 7.17. The van der Waals surface area contributed by atoms with E-state index in [1.165, 1.54) is 0 Å². The Labute approximate surface area is 146 Å². The molecule has 0 fully saturated rings. The highest BCUT2D eigenvalue weighted by Crippen LogP contribution is 2.13. The number of nitrogens with one attached hydrogen (secondary N) is 1. The monoisotopic (exact) mass is 338 g/mol. The average molecular weight is 338 g/mol. The minimum Gasteiger partial charge on any atom is -0.377 e. The first-order chi connectivity index (χ1) is 12.1. The molecule has 3 aromatic rings. The van der Waals surface area contributed by atoms with Crippen LogP contribution < -0.4 is 5.32 Å². The highest BCUT2D eigenvalue weighted by molar-refractivity contribution is 5.99. The molecular weight excluding hydrogens is 316 g/mol. The van der Waals surface area contributed by atoms with Crippen LogP contribution in [0, 0.1) is 13.8 Å². The zero-order chi connectivity index (χ0) is 17.8. The number of aromatic nitrogens is 3. The molecule has 0 aliphatic rings. The van der Waals surface area contributed by atoms with Gasteiger partial charge in [0.1, 0.15) is 5.56 Å². The molecular formula is C19H22N4O2. The van der Waals surface area contributed by atoms with E-state index in [0.717, 1.165) is 22.5 Å². The van der Waals surface area contributed by atoms with Gasteiger partial charge in [-0.2, -0.15) is 5.10 Å². The van der Waals surface area contributed by atoms with E-state index in [9.17, 15) is 4.79 Å². The van der Waals surface area contributed by atoms with E-state index < -0.39 is 0 Å². The first-order valence-electron chi connectivity index (χ1n) is 8.35. The van der Waals surface area contributed by atoms with Crippen molar-refractivity contribution >= 4 is 11.6 Å². The number of aryl methyl sites for hydroxylation is 2. The van der Waals surface area contributed by atoms with Crippen molar-refractivity contribution in [3.05, 3.63) is 64.6 Å². The lowest BCUT2D eigenvalue weighted by Gasteiger charge is -2.10. The lowest BCUT2D eigenvalue weighted by Crippen LogP contribution is -2.23. The summed E-state index contributed by atoms with van der Waals surface area (Å²) in [4.78, 5) is 17.1. The van der Waals surface area contributed by atoms with Gasteiger partial charge in [0.15, 0.2) is 5.65 Å². The number of hydrogen-bond acceptors (Lipinski definition) is 4. The molecule has 2 heterocycles. The predicted octanol–water partition coefficient (Wildman–Crippen LogP) is 2.81. The third kappa shape index (κ3) is 3.69. The molecule has 0 radical (unpaired) electrons. The number of carbonyl (C=O) groups excluding carboxylic acids is 1. The zero-order valence-electron chi connectivity index (χ0n) is 14.7. The Morgan fingerprint density at radius 2 is 2.00 bits per heavy atom. The van der Waals surface area contributed by atoms with Gasteiger partial charge in [-0.25, -0.2) is 9.50 Å². The number of hydrogen-bond donors (Lipinski definition) is 1. The number of benzene rings is 1. The maximum atomic E-state index is 12.6. The van der Waals surface area contributed by atoms with E-state index in [1.807, 2.05) is 51.1 Å². The number of ether oxygens (including phenoxy) is 1. The van der Waals surface area contributed by atoms with E-state index in [1.54, 1.807) is 10.7 Å². The molecule has 3 rings (SSSR count). The molecule has 2 aromatic heterocycles. The minimum atomic E-state index is -0.182. The molecule has 1 N–H and O–H groups in total. The summed E-state index contributed by atoms with van der Waals surface area (Å²) in [5, 5.41) is 7.23. The van der Waals surface area contributed by atoms with Gasteiger partial charge in [0, 0.05) is 24.5 Å². The van der Waals surface area contributed by atoms with Crippen molar-refractivity contribution in [2.45, 2.75) is 33.9 Å². The number of amides is 1. The van der Waals surface area contributed by atoms with Gasteiger partial charge in [0.25, 0.3) is 5.91 Å². The van der Waals surface area contributed by atoms with Crippen LogP contribution >= 0.6 is 0 Å². The summed E-state index contributed by atoms with van der Waals surface area (Å²) in [6.07, 6.45) is 1.57. The maximum absolute atomic E-state index is 12.6. The summed E-state index contributed by atoms with van der Waals surface area (Å²) >= 11 is 0. The van der Waals surface area contributed by atoms with Crippen LogP contribution in [-0.2, 0) is 17.9 Å². The Balaban J connectivity index is 1.78. The molecule has 130 valence electrons. The summed E-state index contributed by atoms with van der Waals surface area (Å²) in [5.41, 5.74) is 4.99. The van der Waals surface area contributed by atoms with E-state index in [-0.39, 0.29) is 5.91 Å². The topological polar surface area (TPSA) is 68.5 Å². The van der Waals surface area contributed by atoms with Crippen molar-refractivity contribution in [1.82, 2.24) is 19.9 Å². The van der Waals surface area contributed by atoms with Crippen molar-refractivity contribution in [2.24, 2.45) is 0 Å². The predicted molar refractivity (Wildman–Crippen MR) is 95.4 cm³/mol. The molecule has 0 spiro atoms. The number of carbonyl (C=O) groups is 1. The van der Waals surface area contributed by atoms with E-state index in [4.69, 9.17) is 4.74 Å². The molecule has 6 nitrogen and oxygen atoms in total. The second kappa shape index (κ2) is 7.44.